The third-order valence-electron chi connectivity index (χ3n) is 1.15. The van der Waals surface area contributed by atoms with E-state index in [1.54, 1.807) is 12.2 Å². The van der Waals surface area contributed by atoms with Crippen LogP contribution < -0.4 is 0 Å². The van der Waals surface area contributed by atoms with Crippen LogP contribution in [0.5, 0.6) is 0 Å². The van der Waals surface area contributed by atoms with E-state index in [1.807, 2.05) is 11.5 Å². The van der Waals surface area contributed by atoms with Crippen molar-refractivity contribution in [3.8, 4) is 0 Å². The first-order valence-corrected chi connectivity index (χ1v) is 4.14. The third kappa shape index (κ3) is 2.59. The monoisotopic (exact) mass is 169 g/mol. The summed E-state index contributed by atoms with van der Waals surface area (Å²) in [5, 5.41) is 12.1. The summed E-state index contributed by atoms with van der Waals surface area (Å²) in [5.41, 5.74) is 0.246. The number of thioether (sulfide) groups is 1. The summed E-state index contributed by atoms with van der Waals surface area (Å²) in [4.78, 5) is 9.93. The minimum Gasteiger partial charge on any atom is -0.259 e. The summed E-state index contributed by atoms with van der Waals surface area (Å²) in [6.45, 7) is 0. The van der Waals surface area contributed by atoms with E-state index >= 15 is 0 Å². The molecule has 11 heavy (non-hydrogen) atoms. The molecule has 1 aliphatic rings. The van der Waals surface area contributed by atoms with Crippen LogP contribution in [0.25, 0.3) is 0 Å². The van der Waals surface area contributed by atoms with Gasteiger partial charge in [0, 0.05) is 6.08 Å². The van der Waals surface area contributed by atoms with Gasteiger partial charge in [-0.05, 0) is 5.41 Å². The Morgan fingerprint density at radius 3 is 3.00 bits per heavy atom. The number of hydrogen-bond acceptors (Lipinski definition) is 3. The van der Waals surface area contributed by atoms with E-state index < -0.39 is 0 Å². The number of rotatable bonds is 1. The van der Waals surface area contributed by atoms with Gasteiger partial charge in [0.2, 0.25) is 0 Å². The first-order valence-electron chi connectivity index (χ1n) is 3.09. The van der Waals surface area contributed by atoms with Crippen molar-refractivity contribution in [1.82, 2.24) is 0 Å². The molecule has 0 aromatic carbocycles. The molecule has 58 valence electrons. The molecule has 1 aliphatic heterocycles. The quantitative estimate of drug-likeness (QED) is 0.445. The van der Waals surface area contributed by atoms with Gasteiger partial charge in [-0.3, -0.25) is 10.1 Å². The van der Waals surface area contributed by atoms with Crippen molar-refractivity contribution in [1.29, 1.82) is 0 Å². The van der Waals surface area contributed by atoms with E-state index in [9.17, 15) is 10.1 Å². The molecule has 1 heterocycles. The Kier molecular flexibility index (Phi) is 2.92. The zero-order chi connectivity index (χ0) is 8.10. The van der Waals surface area contributed by atoms with Crippen molar-refractivity contribution >= 4 is 11.8 Å². The molecule has 0 amide bonds. The molecule has 0 N–H and O–H groups in total. The molecule has 1 rings (SSSR count). The molecule has 0 aromatic rings. The van der Waals surface area contributed by atoms with Crippen molar-refractivity contribution in [2.24, 2.45) is 0 Å². The summed E-state index contributed by atoms with van der Waals surface area (Å²) in [6, 6.07) is 0. The Labute approximate surface area is 68.6 Å². The predicted octanol–water partition coefficient (Wildman–Crippen LogP) is 1.96. The fourth-order valence-corrected chi connectivity index (χ4v) is 1.30. The van der Waals surface area contributed by atoms with Crippen LogP contribution in [-0.4, -0.2) is 10.7 Å². The molecule has 0 fully saturated rings. The second-order valence-electron chi connectivity index (χ2n) is 1.94. The van der Waals surface area contributed by atoms with E-state index in [-0.39, 0.29) is 10.6 Å². The summed E-state index contributed by atoms with van der Waals surface area (Å²) >= 11 is 1.42. The van der Waals surface area contributed by atoms with Gasteiger partial charge < -0.3 is 0 Å². The third-order valence-corrected chi connectivity index (χ3v) is 1.96. The second-order valence-corrected chi connectivity index (χ2v) is 2.83. The highest BCUT2D eigenvalue weighted by Gasteiger charge is 2.07. The molecule has 0 saturated heterocycles. The maximum absolute atomic E-state index is 10.3. The van der Waals surface area contributed by atoms with Gasteiger partial charge in [0.05, 0.1) is 10.7 Å². The van der Waals surface area contributed by atoms with Crippen LogP contribution in [0.2, 0.25) is 0 Å². The zero-order valence-electron chi connectivity index (χ0n) is 5.77. The lowest BCUT2D eigenvalue weighted by molar-refractivity contribution is -0.423. The van der Waals surface area contributed by atoms with Gasteiger partial charge >= 0.3 is 0 Å². The smallest absolute Gasteiger partial charge is 0.256 e. The fraction of sp³-hybridized carbons (Fsp3) is 0.143. The van der Waals surface area contributed by atoms with Gasteiger partial charge in [-0.2, -0.15) is 0 Å². The van der Waals surface area contributed by atoms with Gasteiger partial charge in [0.25, 0.3) is 5.70 Å². The molecule has 0 radical (unpaired) electrons. The van der Waals surface area contributed by atoms with Gasteiger partial charge in [-0.15, -0.1) is 11.8 Å². The second kappa shape index (κ2) is 3.98. The van der Waals surface area contributed by atoms with Gasteiger partial charge in [-0.1, -0.05) is 18.2 Å². The Balaban J connectivity index is 2.73. The molecule has 0 aromatic heterocycles. The summed E-state index contributed by atoms with van der Waals surface area (Å²) in [5.74, 6) is 0.438. The van der Waals surface area contributed by atoms with Crippen LogP contribution in [0.4, 0.5) is 0 Å². The topological polar surface area (TPSA) is 43.1 Å². The average molecular weight is 169 g/mol. The summed E-state index contributed by atoms with van der Waals surface area (Å²) < 4.78 is 0. The highest BCUT2D eigenvalue weighted by Crippen LogP contribution is 2.11. The molecule has 0 atom stereocenters. The summed E-state index contributed by atoms with van der Waals surface area (Å²) in [7, 11) is 0. The van der Waals surface area contributed by atoms with Gasteiger partial charge in [0.15, 0.2) is 0 Å². The molecular weight excluding hydrogens is 162 g/mol. The van der Waals surface area contributed by atoms with E-state index in [0.29, 0.717) is 5.75 Å². The first-order chi connectivity index (χ1) is 5.30. The highest BCUT2D eigenvalue weighted by atomic mass is 32.2. The molecule has 3 nitrogen and oxygen atoms in total. The minimum atomic E-state index is -0.351. The fourth-order valence-electron chi connectivity index (χ4n) is 0.627. The Morgan fingerprint density at radius 1 is 1.45 bits per heavy atom. The zero-order valence-corrected chi connectivity index (χ0v) is 6.58. The molecule has 4 heteroatoms. The standard InChI is InChI=1S/C7H7NO2S/c9-8(10)7-4-2-1-3-5-11-6-7/h1-5H,6H2/b2-1-,5-3-,7-4+. The molecule has 0 bridgehead atoms. The van der Waals surface area contributed by atoms with Crippen LogP contribution in [0, 0.1) is 10.1 Å². The Morgan fingerprint density at radius 2 is 2.27 bits per heavy atom. The molecule has 0 saturated carbocycles. The van der Waals surface area contributed by atoms with Gasteiger partial charge in [-0.25, -0.2) is 0 Å². The van der Waals surface area contributed by atoms with Crippen molar-refractivity contribution in [2.45, 2.75) is 0 Å². The van der Waals surface area contributed by atoms with E-state index in [1.165, 1.54) is 17.8 Å². The Bertz CT molecular complexity index is 243. The van der Waals surface area contributed by atoms with E-state index in [2.05, 4.69) is 0 Å². The van der Waals surface area contributed by atoms with Crippen LogP contribution in [0.1, 0.15) is 0 Å². The van der Waals surface area contributed by atoms with Crippen LogP contribution >= 0.6 is 11.8 Å². The van der Waals surface area contributed by atoms with Crippen molar-refractivity contribution < 1.29 is 4.92 Å². The lowest BCUT2D eigenvalue weighted by Crippen LogP contribution is -2.00. The SMILES string of the molecule is O=[N+]([O-])/C1=C/C=C\C=C/SC1. The lowest BCUT2D eigenvalue weighted by atomic mass is 10.4. The first kappa shape index (κ1) is 8.07. The number of allylic oxidation sites excluding steroid dienone is 4. The van der Waals surface area contributed by atoms with Crippen LogP contribution in [0.3, 0.4) is 0 Å². The van der Waals surface area contributed by atoms with E-state index in [0.717, 1.165) is 0 Å². The predicted molar refractivity (Wildman–Crippen MR) is 45.8 cm³/mol. The Hall–Kier alpha value is -1.03. The maximum atomic E-state index is 10.3. The molecule has 0 aliphatic carbocycles. The normalized spacial score (nSPS) is 27.5. The maximum Gasteiger partial charge on any atom is 0.256 e. The summed E-state index contributed by atoms with van der Waals surface area (Å²) in [6.07, 6.45) is 6.83. The minimum absolute atomic E-state index is 0.246. The van der Waals surface area contributed by atoms with E-state index in [4.69, 9.17) is 0 Å². The van der Waals surface area contributed by atoms with Crippen molar-refractivity contribution in [3.05, 3.63) is 45.5 Å². The molecular formula is C7H7NO2S. The highest BCUT2D eigenvalue weighted by molar-refractivity contribution is 8.02. The largest absolute Gasteiger partial charge is 0.259 e. The van der Waals surface area contributed by atoms with Crippen molar-refractivity contribution in [3.63, 3.8) is 0 Å². The van der Waals surface area contributed by atoms with Crippen LogP contribution in [0.15, 0.2) is 35.4 Å². The van der Waals surface area contributed by atoms with Crippen molar-refractivity contribution in [2.75, 3.05) is 5.75 Å². The lowest BCUT2D eigenvalue weighted by Gasteiger charge is -1.95. The van der Waals surface area contributed by atoms with Gasteiger partial charge in [0.1, 0.15) is 0 Å². The number of nitrogens with zero attached hydrogens (tertiary/aromatic N) is 1. The number of hydrogen-bond donors (Lipinski definition) is 0. The molecule has 0 spiro atoms. The average Bonchev–Trinajstić information content (AvgIpc) is 1.84. The molecule has 0 unspecified atom stereocenters. The van der Waals surface area contributed by atoms with Crippen LogP contribution in [-0.2, 0) is 0 Å². The number of nitro groups is 1.